The summed E-state index contributed by atoms with van der Waals surface area (Å²) in [6, 6.07) is 10.8. The third-order valence-electron chi connectivity index (χ3n) is 3.13. The summed E-state index contributed by atoms with van der Waals surface area (Å²) in [6.45, 7) is 1.55. The lowest BCUT2D eigenvalue weighted by molar-refractivity contribution is -0.114. The van der Waals surface area contributed by atoms with E-state index in [1.165, 1.54) is 47.4 Å². The number of ketones is 1. The first kappa shape index (κ1) is 16.6. The van der Waals surface area contributed by atoms with Crippen molar-refractivity contribution in [3.8, 4) is 0 Å². The number of anilines is 1. The molecular weight excluding hydrogens is 347 g/mol. The highest BCUT2D eigenvalue weighted by molar-refractivity contribution is 8.01. The molecule has 1 aromatic heterocycles. The number of carbonyl (C=O) groups excluding carboxylic acids is 2. The second-order valence-corrected chi connectivity index (χ2v) is 7.37. The van der Waals surface area contributed by atoms with E-state index in [4.69, 9.17) is 0 Å². The Labute approximate surface area is 146 Å². The molecule has 24 heavy (non-hydrogen) atoms. The Kier molecular flexibility index (Phi) is 4.92. The van der Waals surface area contributed by atoms with Gasteiger partial charge in [-0.25, -0.2) is 9.37 Å². The van der Waals surface area contributed by atoms with Crippen molar-refractivity contribution < 1.29 is 14.0 Å². The van der Waals surface area contributed by atoms with Crippen LogP contribution in [-0.4, -0.2) is 22.4 Å². The standard InChI is InChI=1S/C17H13FN2O2S2/c1-10(21)9-23-17-20-14-7-6-13(8-15(14)24-17)19-16(22)11-2-4-12(18)5-3-11/h2-8H,9H2,1H3,(H,19,22). The largest absolute Gasteiger partial charge is 0.322 e. The Balaban J connectivity index is 1.76. The van der Waals surface area contributed by atoms with Crippen LogP contribution >= 0.6 is 23.1 Å². The lowest BCUT2D eigenvalue weighted by atomic mass is 10.2. The fraction of sp³-hybridized carbons (Fsp3) is 0.118. The average molecular weight is 360 g/mol. The topological polar surface area (TPSA) is 59.1 Å². The van der Waals surface area contributed by atoms with Crippen molar-refractivity contribution >= 4 is 50.7 Å². The molecule has 0 fully saturated rings. The first-order valence-corrected chi connectivity index (χ1v) is 8.91. The summed E-state index contributed by atoms with van der Waals surface area (Å²) in [6.07, 6.45) is 0. The van der Waals surface area contributed by atoms with Crippen LogP contribution in [0.1, 0.15) is 17.3 Å². The summed E-state index contributed by atoms with van der Waals surface area (Å²) in [5.74, 6) is -0.182. The fourth-order valence-corrected chi connectivity index (χ4v) is 3.92. The maximum atomic E-state index is 12.9. The average Bonchev–Trinajstić information content (AvgIpc) is 2.95. The van der Waals surface area contributed by atoms with Crippen molar-refractivity contribution in [3.05, 3.63) is 53.8 Å². The number of thioether (sulfide) groups is 1. The molecule has 1 amide bonds. The zero-order valence-electron chi connectivity index (χ0n) is 12.7. The molecule has 0 saturated carbocycles. The number of fused-ring (bicyclic) bond motifs is 1. The number of rotatable bonds is 5. The van der Waals surface area contributed by atoms with E-state index in [1.807, 2.05) is 12.1 Å². The summed E-state index contributed by atoms with van der Waals surface area (Å²) >= 11 is 2.88. The summed E-state index contributed by atoms with van der Waals surface area (Å²) < 4.78 is 14.7. The van der Waals surface area contributed by atoms with Gasteiger partial charge in [0.1, 0.15) is 11.6 Å². The Morgan fingerprint density at radius 2 is 1.96 bits per heavy atom. The number of Topliss-reactive ketones (excluding diaryl/α,β-unsaturated/α-hetero) is 1. The van der Waals surface area contributed by atoms with Gasteiger partial charge in [0.05, 0.1) is 16.0 Å². The van der Waals surface area contributed by atoms with Crippen molar-refractivity contribution in [1.29, 1.82) is 0 Å². The summed E-state index contributed by atoms with van der Waals surface area (Å²) in [5.41, 5.74) is 1.85. The van der Waals surface area contributed by atoms with E-state index in [0.29, 0.717) is 17.0 Å². The lowest BCUT2D eigenvalue weighted by Gasteiger charge is -2.05. The minimum atomic E-state index is -0.381. The van der Waals surface area contributed by atoms with Gasteiger partial charge in [0, 0.05) is 11.3 Å². The molecule has 1 heterocycles. The molecule has 0 aliphatic rings. The van der Waals surface area contributed by atoms with E-state index in [1.54, 1.807) is 13.0 Å². The molecule has 0 unspecified atom stereocenters. The van der Waals surface area contributed by atoms with E-state index in [-0.39, 0.29) is 17.5 Å². The quantitative estimate of drug-likeness (QED) is 0.687. The number of hydrogen-bond donors (Lipinski definition) is 1. The van der Waals surface area contributed by atoms with E-state index in [2.05, 4.69) is 10.3 Å². The maximum absolute atomic E-state index is 12.9. The molecule has 1 N–H and O–H groups in total. The number of aromatic nitrogens is 1. The van der Waals surface area contributed by atoms with E-state index in [0.717, 1.165) is 14.6 Å². The van der Waals surface area contributed by atoms with Gasteiger partial charge in [-0.3, -0.25) is 9.59 Å². The normalized spacial score (nSPS) is 10.8. The van der Waals surface area contributed by atoms with E-state index in [9.17, 15) is 14.0 Å². The van der Waals surface area contributed by atoms with Crippen LogP contribution in [-0.2, 0) is 4.79 Å². The summed E-state index contributed by atoms with van der Waals surface area (Å²) in [5, 5.41) is 2.79. The van der Waals surface area contributed by atoms with Crippen LogP contribution in [0.5, 0.6) is 0 Å². The van der Waals surface area contributed by atoms with Gasteiger partial charge in [-0.1, -0.05) is 11.8 Å². The van der Waals surface area contributed by atoms with Crippen molar-refractivity contribution in [2.45, 2.75) is 11.3 Å². The molecule has 3 rings (SSSR count). The van der Waals surface area contributed by atoms with Crippen molar-refractivity contribution in [3.63, 3.8) is 0 Å². The lowest BCUT2D eigenvalue weighted by Crippen LogP contribution is -2.11. The number of hydrogen-bond acceptors (Lipinski definition) is 5. The van der Waals surface area contributed by atoms with Gasteiger partial charge in [-0.05, 0) is 49.4 Å². The molecule has 0 aliphatic carbocycles. The van der Waals surface area contributed by atoms with E-state index < -0.39 is 0 Å². The number of nitrogens with one attached hydrogen (secondary N) is 1. The van der Waals surface area contributed by atoms with Gasteiger partial charge in [0.25, 0.3) is 5.91 Å². The highest BCUT2D eigenvalue weighted by atomic mass is 32.2. The smallest absolute Gasteiger partial charge is 0.255 e. The highest BCUT2D eigenvalue weighted by Crippen LogP contribution is 2.31. The van der Waals surface area contributed by atoms with Crippen LogP contribution in [0.2, 0.25) is 0 Å². The molecular formula is C17H13FN2O2S2. The Bertz CT molecular complexity index is 907. The SMILES string of the molecule is CC(=O)CSc1nc2ccc(NC(=O)c3ccc(F)cc3)cc2s1. The van der Waals surface area contributed by atoms with Gasteiger partial charge in [0.15, 0.2) is 4.34 Å². The van der Waals surface area contributed by atoms with Crippen LogP contribution < -0.4 is 5.32 Å². The second-order valence-electron chi connectivity index (χ2n) is 5.11. The minimum Gasteiger partial charge on any atom is -0.322 e. The van der Waals surface area contributed by atoms with Gasteiger partial charge >= 0.3 is 0 Å². The molecule has 3 aromatic rings. The number of benzene rings is 2. The van der Waals surface area contributed by atoms with Gasteiger partial charge in [0.2, 0.25) is 0 Å². The van der Waals surface area contributed by atoms with Crippen LogP contribution in [0.3, 0.4) is 0 Å². The summed E-state index contributed by atoms with van der Waals surface area (Å²) in [4.78, 5) is 27.7. The maximum Gasteiger partial charge on any atom is 0.255 e. The number of halogens is 1. The molecule has 0 bridgehead atoms. The fourth-order valence-electron chi connectivity index (χ4n) is 2.01. The van der Waals surface area contributed by atoms with Gasteiger partial charge in [-0.2, -0.15) is 0 Å². The molecule has 122 valence electrons. The van der Waals surface area contributed by atoms with Gasteiger partial charge < -0.3 is 5.32 Å². The third-order valence-corrected chi connectivity index (χ3v) is 5.44. The van der Waals surface area contributed by atoms with Crippen molar-refractivity contribution in [2.24, 2.45) is 0 Å². The predicted molar refractivity (Wildman–Crippen MR) is 95.4 cm³/mol. The minimum absolute atomic E-state index is 0.103. The van der Waals surface area contributed by atoms with Crippen LogP contribution in [0.4, 0.5) is 10.1 Å². The zero-order chi connectivity index (χ0) is 17.1. The molecule has 4 nitrogen and oxygen atoms in total. The molecule has 2 aromatic carbocycles. The molecule has 0 saturated heterocycles. The Hall–Kier alpha value is -2.25. The van der Waals surface area contributed by atoms with Crippen LogP contribution in [0, 0.1) is 5.82 Å². The van der Waals surface area contributed by atoms with Crippen LogP contribution in [0.15, 0.2) is 46.8 Å². The third kappa shape index (κ3) is 3.98. The summed E-state index contributed by atoms with van der Waals surface area (Å²) in [7, 11) is 0. The van der Waals surface area contributed by atoms with E-state index >= 15 is 0 Å². The zero-order valence-corrected chi connectivity index (χ0v) is 14.3. The molecule has 0 radical (unpaired) electrons. The Morgan fingerprint density at radius 3 is 2.67 bits per heavy atom. The molecule has 0 atom stereocenters. The highest BCUT2D eigenvalue weighted by Gasteiger charge is 2.09. The number of thiazole rings is 1. The first-order valence-electron chi connectivity index (χ1n) is 7.11. The van der Waals surface area contributed by atoms with Gasteiger partial charge in [-0.15, -0.1) is 11.3 Å². The second kappa shape index (κ2) is 7.11. The van der Waals surface area contributed by atoms with Crippen molar-refractivity contribution in [2.75, 3.05) is 11.1 Å². The molecule has 7 heteroatoms. The Morgan fingerprint density at radius 1 is 1.21 bits per heavy atom. The number of amides is 1. The molecule has 0 spiro atoms. The number of nitrogens with zero attached hydrogens (tertiary/aromatic N) is 1. The molecule has 0 aliphatic heterocycles. The first-order chi connectivity index (χ1) is 11.5. The monoisotopic (exact) mass is 360 g/mol. The predicted octanol–water partition coefficient (Wildman–Crippen LogP) is 4.37. The van der Waals surface area contributed by atoms with Crippen molar-refractivity contribution in [1.82, 2.24) is 4.98 Å². The van der Waals surface area contributed by atoms with Crippen LogP contribution in [0.25, 0.3) is 10.2 Å². The number of carbonyl (C=O) groups is 2.